The average Bonchev–Trinajstić information content (AvgIpc) is 2.99. The van der Waals surface area contributed by atoms with Crippen molar-refractivity contribution in [1.29, 1.82) is 0 Å². The van der Waals surface area contributed by atoms with Gasteiger partial charge in [0.05, 0.1) is 12.6 Å². The van der Waals surface area contributed by atoms with Gasteiger partial charge in [-0.15, -0.1) is 0 Å². The zero-order valence-electron chi connectivity index (χ0n) is 11.3. The van der Waals surface area contributed by atoms with E-state index in [-0.39, 0.29) is 6.10 Å². The van der Waals surface area contributed by atoms with Crippen LogP contribution in [0.5, 0.6) is 0 Å². The van der Waals surface area contributed by atoms with Crippen LogP contribution in [0.3, 0.4) is 0 Å². The number of aromatic nitrogens is 2. The zero-order chi connectivity index (χ0) is 12.9. The number of hydrogen-bond donors (Lipinski definition) is 1. The fourth-order valence-electron chi connectivity index (χ4n) is 2.70. The van der Waals surface area contributed by atoms with Crippen LogP contribution < -0.4 is 5.32 Å². The Kier molecular flexibility index (Phi) is 4.42. The molecule has 0 amide bonds. The van der Waals surface area contributed by atoms with Gasteiger partial charge in [0.2, 0.25) is 5.89 Å². The van der Waals surface area contributed by atoms with Crippen LogP contribution in [0.25, 0.3) is 0 Å². The van der Waals surface area contributed by atoms with Crippen molar-refractivity contribution in [2.24, 2.45) is 0 Å². The third kappa shape index (κ3) is 3.75. The van der Waals surface area contributed by atoms with Gasteiger partial charge in [0, 0.05) is 26.1 Å². The summed E-state index contributed by atoms with van der Waals surface area (Å²) in [6, 6.07) is 0. The minimum absolute atomic E-state index is 0.285. The lowest BCUT2D eigenvalue weighted by atomic mass is 10.2. The van der Waals surface area contributed by atoms with Crippen LogP contribution in [0.2, 0.25) is 0 Å². The van der Waals surface area contributed by atoms with Gasteiger partial charge in [-0.3, -0.25) is 4.90 Å². The highest BCUT2D eigenvalue weighted by Gasteiger charge is 2.20. The van der Waals surface area contributed by atoms with Crippen LogP contribution in [0.15, 0.2) is 4.52 Å². The molecule has 3 rings (SSSR count). The minimum atomic E-state index is 0.285. The summed E-state index contributed by atoms with van der Waals surface area (Å²) < 4.78 is 10.9. The maximum absolute atomic E-state index is 5.59. The van der Waals surface area contributed by atoms with Crippen LogP contribution in [0, 0.1) is 0 Å². The topological polar surface area (TPSA) is 63.4 Å². The lowest BCUT2D eigenvalue weighted by Gasteiger charge is -2.16. The summed E-state index contributed by atoms with van der Waals surface area (Å²) in [5.74, 6) is 1.52. The Morgan fingerprint density at radius 1 is 1.26 bits per heavy atom. The van der Waals surface area contributed by atoms with E-state index in [1.807, 2.05) is 0 Å². The molecule has 2 aliphatic rings. The first kappa shape index (κ1) is 13.0. The molecular formula is C13H22N4O2. The molecule has 2 saturated heterocycles. The Hall–Kier alpha value is -0.980. The molecule has 6 nitrogen and oxygen atoms in total. The molecular weight excluding hydrogens is 244 g/mol. The minimum Gasteiger partial charge on any atom is -0.378 e. The second-order valence-electron chi connectivity index (χ2n) is 5.32. The highest BCUT2D eigenvalue weighted by molar-refractivity contribution is 4.90. The van der Waals surface area contributed by atoms with Crippen molar-refractivity contribution in [2.75, 3.05) is 32.8 Å². The Morgan fingerprint density at radius 3 is 3.16 bits per heavy atom. The number of hydrogen-bond acceptors (Lipinski definition) is 6. The van der Waals surface area contributed by atoms with Crippen molar-refractivity contribution in [3.63, 3.8) is 0 Å². The quantitative estimate of drug-likeness (QED) is 0.860. The van der Waals surface area contributed by atoms with Gasteiger partial charge in [0.1, 0.15) is 0 Å². The molecule has 2 aliphatic heterocycles. The normalized spacial score (nSPS) is 25.6. The highest BCUT2D eigenvalue weighted by atomic mass is 16.5. The van der Waals surface area contributed by atoms with Crippen LogP contribution >= 0.6 is 0 Å². The molecule has 0 aliphatic carbocycles. The summed E-state index contributed by atoms with van der Waals surface area (Å²) in [5, 5.41) is 7.45. The van der Waals surface area contributed by atoms with E-state index in [1.165, 1.54) is 6.42 Å². The van der Waals surface area contributed by atoms with Crippen LogP contribution in [-0.4, -0.2) is 53.9 Å². The van der Waals surface area contributed by atoms with E-state index in [0.717, 1.165) is 70.3 Å². The molecule has 0 bridgehead atoms. The molecule has 6 heteroatoms. The molecule has 1 N–H and O–H groups in total. The van der Waals surface area contributed by atoms with E-state index >= 15 is 0 Å². The SMILES string of the molecule is C1COC(Cc2noc(CN3CCCNCC3)n2)C1. The number of nitrogens with one attached hydrogen (secondary N) is 1. The van der Waals surface area contributed by atoms with E-state index in [1.54, 1.807) is 0 Å². The van der Waals surface area contributed by atoms with Gasteiger partial charge in [0.15, 0.2) is 5.82 Å². The molecule has 1 atom stereocenters. The maximum Gasteiger partial charge on any atom is 0.240 e. The molecule has 0 aromatic carbocycles. The van der Waals surface area contributed by atoms with E-state index < -0.39 is 0 Å². The van der Waals surface area contributed by atoms with E-state index in [0.29, 0.717) is 0 Å². The van der Waals surface area contributed by atoms with Gasteiger partial charge >= 0.3 is 0 Å². The lowest BCUT2D eigenvalue weighted by molar-refractivity contribution is 0.109. The first-order valence-electron chi connectivity index (χ1n) is 7.26. The smallest absolute Gasteiger partial charge is 0.240 e. The van der Waals surface area contributed by atoms with Crippen molar-refractivity contribution in [1.82, 2.24) is 20.4 Å². The van der Waals surface area contributed by atoms with E-state index in [9.17, 15) is 0 Å². The Labute approximate surface area is 113 Å². The van der Waals surface area contributed by atoms with E-state index in [4.69, 9.17) is 9.26 Å². The summed E-state index contributed by atoms with van der Waals surface area (Å²) in [5.41, 5.74) is 0. The van der Waals surface area contributed by atoms with Crippen LogP contribution in [-0.2, 0) is 17.7 Å². The highest BCUT2D eigenvalue weighted by Crippen LogP contribution is 2.16. The van der Waals surface area contributed by atoms with Gasteiger partial charge in [-0.2, -0.15) is 4.98 Å². The standard InChI is InChI=1S/C13H22N4O2/c1-3-11(18-8-1)9-12-15-13(19-16-12)10-17-6-2-4-14-5-7-17/h11,14H,1-10H2. The summed E-state index contributed by atoms with van der Waals surface area (Å²) in [7, 11) is 0. The monoisotopic (exact) mass is 266 g/mol. The summed E-state index contributed by atoms with van der Waals surface area (Å²) in [6.45, 7) is 5.91. The fraction of sp³-hybridized carbons (Fsp3) is 0.846. The van der Waals surface area contributed by atoms with Crippen LogP contribution in [0.1, 0.15) is 31.0 Å². The molecule has 19 heavy (non-hydrogen) atoms. The largest absolute Gasteiger partial charge is 0.378 e. The van der Waals surface area contributed by atoms with Gasteiger partial charge < -0.3 is 14.6 Å². The molecule has 1 unspecified atom stereocenters. The maximum atomic E-state index is 5.59. The molecule has 1 aromatic rings. The predicted molar refractivity (Wildman–Crippen MR) is 69.7 cm³/mol. The summed E-state index contributed by atoms with van der Waals surface area (Å²) >= 11 is 0. The first-order valence-corrected chi connectivity index (χ1v) is 7.26. The molecule has 3 heterocycles. The number of nitrogens with zero attached hydrogens (tertiary/aromatic N) is 3. The lowest BCUT2D eigenvalue weighted by Crippen LogP contribution is -2.27. The molecule has 0 saturated carbocycles. The number of ether oxygens (including phenoxy) is 1. The predicted octanol–water partition coefficient (Wildman–Crippen LogP) is 0.586. The Bertz CT molecular complexity index is 382. The second-order valence-corrected chi connectivity index (χ2v) is 5.32. The zero-order valence-corrected chi connectivity index (χ0v) is 11.3. The molecule has 2 fully saturated rings. The first-order chi connectivity index (χ1) is 9.40. The van der Waals surface area contributed by atoms with Crippen molar-refractivity contribution in [2.45, 2.75) is 38.3 Å². The Morgan fingerprint density at radius 2 is 2.26 bits per heavy atom. The number of rotatable bonds is 4. The van der Waals surface area contributed by atoms with Crippen molar-refractivity contribution < 1.29 is 9.26 Å². The molecule has 1 aromatic heterocycles. The van der Waals surface area contributed by atoms with Gasteiger partial charge in [-0.1, -0.05) is 5.16 Å². The van der Waals surface area contributed by atoms with Gasteiger partial charge in [-0.05, 0) is 32.4 Å². The second kappa shape index (κ2) is 6.45. The van der Waals surface area contributed by atoms with Gasteiger partial charge in [-0.25, -0.2) is 0 Å². The average molecular weight is 266 g/mol. The van der Waals surface area contributed by atoms with Crippen molar-refractivity contribution >= 4 is 0 Å². The van der Waals surface area contributed by atoms with E-state index in [2.05, 4.69) is 20.4 Å². The van der Waals surface area contributed by atoms with Gasteiger partial charge in [0.25, 0.3) is 0 Å². The third-order valence-corrected chi connectivity index (χ3v) is 3.74. The summed E-state index contributed by atoms with van der Waals surface area (Å²) in [4.78, 5) is 6.84. The third-order valence-electron chi connectivity index (χ3n) is 3.74. The summed E-state index contributed by atoms with van der Waals surface area (Å²) in [6.07, 6.45) is 4.51. The Balaban J connectivity index is 1.51. The molecule has 106 valence electrons. The van der Waals surface area contributed by atoms with Crippen LogP contribution in [0.4, 0.5) is 0 Å². The van der Waals surface area contributed by atoms with Crippen molar-refractivity contribution in [3.8, 4) is 0 Å². The molecule has 0 radical (unpaired) electrons. The fourth-order valence-corrected chi connectivity index (χ4v) is 2.70. The van der Waals surface area contributed by atoms with Crippen molar-refractivity contribution in [3.05, 3.63) is 11.7 Å². The molecule has 0 spiro atoms.